The van der Waals surface area contributed by atoms with Crippen molar-refractivity contribution < 1.29 is 23.0 Å². The molecule has 1 saturated heterocycles. The van der Waals surface area contributed by atoms with Crippen LogP contribution in [0.2, 0.25) is 0 Å². The summed E-state index contributed by atoms with van der Waals surface area (Å²) in [6.07, 6.45) is -1.93. The van der Waals surface area contributed by atoms with Crippen LogP contribution in [-0.2, 0) is 11.3 Å². The van der Waals surface area contributed by atoms with E-state index in [-0.39, 0.29) is 12.4 Å². The van der Waals surface area contributed by atoms with Crippen molar-refractivity contribution in [1.29, 1.82) is 0 Å². The van der Waals surface area contributed by atoms with Gasteiger partial charge < -0.3 is 14.0 Å². The van der Waals surface area contributed by atoms with Crippen molar-refractivity contribution in [3.8, 4) is 17.1 Å². The number of nitrogens with zero attached hydrogens (tertiary/aromatic N) is 3. The largest absolute Gasteiger partial charge is 0.491 e. The molecule has 126 valence electrons. The average molecular weight is 402 g/mol. The number of alkyl halides is 2. The smallest absolute Gasteiger partial charge is 0.416 e. The van der Waals surface area contributed by atoms with Gasteiger partial charge in [-0.1, -0.05) is 15.9 Å². The molecule has 2 aromatic rings. The highest BCUT2D eigenvalue weighted by atomic mass is 79.9. The lowest BCUT2D eigenvalue weighted by atomic mass is 10.3. The number of hydrogen-bond donors (Lipinski definition) is 0. The topological polar surface area (TPSA) is 56.6 Å². The van der Waals surface area contributed by atoms with Crippen LogP contribution >= 0.6 is 15.9 Å². The average Bonchev–Trinajstić information content (AvgIpc) is 3.07. The minimum Gasteiger partial charge on any atom is -0.491 e. The molecule has 1 aromatic heterocycles. The normalized spacial score (nSPS) is 19.6. The van der Waals surface area contributed by atoms with E-state index in [4.69, 9.17) is 9.47 Å². The van der Waals surface area contributed by atoms with Crippen LogP contribution in [0, 0.1) is 0 Å². The lowest BCUT2D eigenvalue weighted by molar-refractivity contribution is 0.104. The molecule has 0 unspecified atom stereocenters. The molecule has 1 atom stereocenters. The van der Waals surface area contributed by atoms with Gasteiger partial charge in [-0.2, -0.15) is 0 Å². The Kier molecular flexibility index (Phi) is 3.67. The van der Waals surface area contributed by atoms with E-state index in [2.05, 4.69) is 20.9 Å². The first-order valence-corrected chi connectivity index (χ1v) is 8.08. The van der Waals surface area contributed by atoms with Crippen LogP contribution in [0.15, 0.2) is 28.9 Å². The van der Waals surface area contributed by atoms with Gasteiger partial charge in [-0.15, -0.1) is 0 Å². The number of fused-ring (bicyclic) bond motifs is 3. The summed E-state index contributed by atoms with van der Waals surface area (Å²) >= 11 is 3.39. The number of rotatable bonds is 2. The van der Waals surface area contributed by atoms with Crippen LogP contribution in [0.25, 0.3) is 11.4 Å². The monoisotopic (exact) mass is 401 g/mol. The number of ether oxygens (including phenoxy) is 2. The summed E-state index contributed by atoms with van der Waals surface area (Å²) in [4.78, 5) is 17.2. The van der Waals surface area contributed by atoms with Crippen LogP contribution in [0.4, 0.5) is 19.4 Å². The van der Waals surface area contributed by atoms with Gasteiger partial charge in [0.25, 0.3) is 6.43 Å². The van der Waals surface area contributed by atoms with Crippen molar-refractivity contribution in [3.63, 3.8) is 0 Å². The van der Waals surface area contributed by atoms with Crippen molar-refractivity contribution in [2.75, 3.05) is 18.1 Å². The fourth-order valence-electron chi connectivity index (χ4n) is 2.84. The number of anilines is 1. The zero-order valence-electron chi connectivity index (χ0n) is 12.3. The first-order valence-electron chi connectivity index (χ1n) is 7.28. The summed E-state index contributed by atoms with van der Waals surface area (Å²) in [5, 5.41) is 0. The number of imidazole rings is 1. The summed E-state index contributed by atoms with van der Waals surface area (Å²) in [5.74, 6) is 1.38. The Hall–Kier alpha value is -2.16. The molecule has 4 rings (SSSR count). The van der Waals surface area contributed by atoms with Crippen molar-refractivity contribution >= 4 is 27.8 Å². The quantitative estimate of drug-likeness (QED) is 0.774. The van der Waals surface area contributed by atoms with Gasteiger partial charge in [0.15, 0.2) is 5.82 Å². The van der Waals surface area contributed by atoms with E-state index in [1.807, 2.05) is 18.2 Å². The minimum atomic E-state index is -2.70. The molecule has 0 saturated carbocycles. The Morgan fingerprint density at radius 1 is 1.38 bits per heavy atom. The van der Waals surface area contributed by atoms with Gasteiger partial charge in [0, 0.05) is 10.7 Å². The molecule has 24 heavy (non-hydrogen) atoms. The molecule has 6 nitrogen and oxygen atoms in total. The van der Waals surface area contributed by atoms with Gasteiger partial charge in [-0.25, -0.2) is 23.5 Å². The number of aromatic nitrogens is 2. The molecule has 2 aliphatic rings. The van der Waals surface area contributed by atoms with Crippen LogP contribution in [0.5, 0.6) is 5.75 Å². The highest BCUT2D eigenvalue weighted by Crippen LogP contribution is 2.36. The van der Waals surface area contributed by atoms with Crippen molar-refractivity contribution in [2.24, 2.45) is 0 Å². The maximum Gasteiger partial charge on any atom is 0.416 e. The van der Waals surface area contributed by atoms with E-state index in [9.17, 15) is 13.6 Å². The molecule has 1 fully saturated rings. The molecule has 1 aromatic carbocycles. The van der Waals surface area contributed by atoms with Crippen molar-refractivity contribution in [3.05, 3.63) is 28.9 Å². The van der Waals surface area contributed by atoms with Crippen LogP contribution < -0.4 is 9.64 Å². The molecule has 1 amide bonds. The summed E-state index contributed by atoms with van der Waals surface area (Å²) in [6.45, 7) is 0.567. The zero-order valence-corrected chi connectivity index (χ0v) is 13.9. The number of halogens is 3. The van der Waals surface area contributed by atoms with E-state index < -0.39 is 18.6 Å². The third-order valence-electron chi connectivity index (χ3n) is 3.98. The lowest BCUT2D eigenvalue weighted by Crippen LogP contribution is -2.38. The Labute approximate surface area is 144 Å². The highest BCUT2D eigenvalue weighted by Gasteiger charge is 2.42. The standard InChI is InChI=1S/C15H12BrF2N3O3/c16-8-1-2-9-11(5-8)23-4-3-20-6-12(19-14(9)20)21-10(13(17)18)7-24-15(21)22/h1-2,5-6,10,13H,3-4,7H2/t10-/m0/s1/i14+2. The SMILES string of the molecule is O=C1OC[C@@H](C(F)F)N1c1cn2[14c](n1)-c1ccc(Br)cc1OCC2. The van der Waals surface area contributed by atoms with Crippen LogP contribution in [-0.4, -0.2) is 41.3 Å². The molecule has 2 aliphatic heterocycles. The predicted molar refractivity (Wildman–Crippen MR) is 84.5 cm³/mol. The summed E-state index contributed by atoms with van der Waals surface area (Å²) in [5.41, 5.74) is 0.739. The summed E-state index contributed by atoms with van der Waals surface area (Å²) in [7, 11) is 0. The second-order valence-corrected chi connectivity index (χ2v) is 6.37. The highest BCUT2D eigenvalue weighted by molar-refractivity contribution is 9.10. The van der Waals surface area contributed by atoms with Gasteiger partial charge in [-0.05, 0) is 18.2 Å². The molecule has 0 radical (unpaired) electrons. The fourth-order valence-corrected chi connectivity index (χ4v) is 3.18. The first kappa shape index (κ1) is 15.4. The third kappa shape index (κ3) is 2.43. The summed E-state index contributed by atoms with van der Waals surface area (Å²) < 4.78 is 39.4. The number of amides is 1. The molecule has 0 aliphatic carbocycles. The Morgan fingerprint density at radius 3 is 3.00 bits per heavy atom. The number of carbonyl (C=O) groups excluding carboxylic acids is 1. The second kappa shape index (κ2) is 5.73. The van der Waals surface area contributed by atoms with E-state index in [0.717, 1.165) is 14.9 Å². The molecular formula is C15H12BrF2N3O3. The molecule has 0 spiro atoms. The van der Waals surface area contributed by atoms with E-state index >= 15 is 0 Å². The molecule has 0 bridgehead atoms. The van der Waals surface area contributed by atoms with Gasteiger partial charge in [0.05, 0.1) is 12.1 Å². The number of benzene rings is 1. The Morgan fingerprint density at radius 2 is 2.21 bits per heavy atom. The maximum absolute atomic E-state index is 13.1. The zero-order chi connectivity index (χ0) is 16.8. The van der Waals surface area contributed by atoms with Crippen LogP contribution in [0.1, 0.15) is 0 Å². The van der Waals surface area contributed by atoms with Gasteiger partial charge in [-0.3, -0.25) is 0 Å². The van der Waals surface area contributed by atoms with Crippen molar-refractivity contribution in [2.45, 2.75) is 19.0 Å². The molecule has 3 heterocycles. The van der Waals surface area contributed by atoms with E-state index in [0.29, 0.717) is 24.7 Å². The summed E-state index contributed by atoms with van der Waals surface area (Å²) in [6, 6.07) is 4.18. The number of carbonyl (C=O) groups is 1. The third-order valence-corrected chi connectivity index (χ3v) is 4.47. The Bertz CT molecular complexity index is 811. The number of cyclic esters (lactones) is 1. The molecule has 0 N–H and O–H groups in total. The minimum absolute atomic E-state index is 0.161. The fraction of sp³-hybridized carbons (Fsp3) is 0.333. The van der Waals surface area contributed by atoms with Gasteiger partial charge in [0.1, 0.15) is 30.8 Å². The molecular weight excluding hydrogens is 390 g/mol. The number of hydrogen-bond acceptors (Lipinski definition) is 4. The Balaban J connectivity index is 1.79. The van der Waals surface area contributed by atoms with Crippen molar-refractivity contribution in [1.82, 2.24) is 9.55 Å². The van der Waals surface area contributed by atoms with E-state index in [1.54, 1.807) is 10.8 Å². The maximum atomic E-state index is 13.1. The first-order chi connectivity index (χ1) is 11.5. The van der Waals surface area contributed by atoms with E-state index in [1.165, 1.54) is 0 Å². The molecule has 9 heteroatoms. The second-order valence-electron chi connectivity index (χ2n) is 5.45. The van der Waals surface area contributed by atoms with Gasteiger partial charge in [0.2, 0.25) is 0 Å². The predicted octanol–water partition coefficient (Wildman–Crippen LogP) is 3.30. The van der Waals surface area contributed by atoms with Gasteiger partial charge >= 0.3 is 6.09 Å². The van der Waals surface area contributed by atoms with Crippen LogP contribution in [0.3, 0.4) is 0 Å². The lowest BCUT2D eigenvalue weighted by Gasteiger charge is -2.17.